The monoisotopic (exact) mass is 351 g/mol. The summed E-state index contributed by atoms with van der Waals surface area (Å²) in [6.07, 6.45) is 0. The van der Waals surface area contributed by atoms with E-state index >= 15 is 0 Å². The standard InChI is InChI=1S/C21H22ClNSi/c1-23(2)18-13-15-21(16-14-18)24(17-22,19-9-5-3-6-10-19)20-11-7-4-8-12-20/h3-16H,17H2,1-2H3. The van der Waals surface area contributed by atoms with Gasteiger partial charge in [0.2, 0.25) is 0 Å². The summed E-state index contributed by atoms with van der Waals surface area (Å²) >= 11 is 6.68. The van der Waals surface area contributed by atoms with Crippen LogP contribution in [-0.4, -0.2) is 27.7 Å². The van der Waals surface area contributed by atoms with E-state index in [0.717, 1.165) is 0 Å². The Bertz CT molecular complexity index is 730. The minimum Gasteiger partial charge on any atom is -0.378 e. The van der Waals surface area contributed by atoms with Crippen molar-refractivity contribution in [1.82, 2.24) is 0 Å². The number of benzene rings is 3. The van der Waals surface area contributed by atoms with Crippen molar-refractivity contribution in [2.45, 2.75) is 0 Å². The molecule has 0 aromatic heterocycles. The van der Waals surface area contributed by atoms with Gasteiger partial charge in [0.25, 0.3) is 0 Å². The summed E-state index contributed by atoms with van der Waals surface area (Å²) < 4.78 is 0. The predicted molar refractivity (Wildman–Crippen MR) is 109 cm³/mol. The van der Waals surface area contributed by atoms with Crippen molar-refractivity contribution >= 4 is 40.9 Å². The summed E-state index contributed by atoms with van der Waals surface area (Å²) in [5.74, 6) is 0. The summed E-state index contributed by atoms with van der Waals surface area (Å²) in [5.41, 5.74) is 1.83. The van der Waals surface area contributed by atoms with Crippen molar-refractivity contribution in [3.8, 4) is 0 Å². The van der Waals surface area contributed by atoms with Crippen LogP contribution < -0.4 is 20.5 Å². The molecule has 0 radical (unpaired) electrons. The van der Waals surface area contributed by atoms with Crippen LogP contribution in [0.2, 0.25) is 0 Å². The summed E-state index contributed by atoms with van der Waals surface area (Å²) in [6, 6.07) is 30.4. The molecule has 0 saturated heterocycles. The van der Waals surface area contributed by atoms with Gasteiger partial charge in [-0.1, -0.05) is 72.8 Å². The van der Waals surface area contributed by atoms with Crippen LogP contribution in [0.15, 0.2) is 84.9 Å². The molecule has 0 unspecified atom stereocenters. The molecule has 0 N–H and O–H groups in total. The van der Waals surface area contributed by atoms with Gasteiger partial charge in [-0.25, -0.2) is 0 Å². The fraction of sp³-hybridized carbons (Fsp3) is 0.143. The number of rotatable bonds is 5. The average Bonchev–Trinajstić information content (AvgIpc) is 2.65. The van der Waals surface area contributed by atoms with Crippen molar-refractivity contribution in [1.29, 1.82) is 0 Å². The number of halogens is 1. The lowest BCUT2D eigenvalue weighted by Gasteiger charge is -2.32. The highest BCUT2D eigenvalue weighted by Crippen LogP contribution is 2.13. The fourth-order valence-electron chi connectivity index (χ4n) is 3.22. The van der Waals surface area contributed by atoms with E-state index in [4.69, 9.17) is 11.6 Å². The van der Waals surface area contributed by atoms with Crippen LogP contribution in [0.25, 0.3) is 0 Å². The first-order valence-corrected chi connectivity index (χ1v) is 10.9. The summed E-state index contributed by atoms with van der Waals surface area (Å²) in [5, 5.41) is 4.05. The third-order valence-electron chi connectivity index (χ3n) is 4.61. The Balaban J connectivity index is 2.22. The zero-order chi connectivity index (χ0) is 17.0. The molecule has 0 atom stereocenters. The van der Waals surface area contributed by atoms with E-state index in [0.29, 0.717) is 5.50 Å². The Morgan fingerprint density at radius 2 is 1.08 bits per heavy atom. The van der Waals surface area contributed by atoms with Crippen LogP contribution in [0.3, 0.4) is 0 Å². The zero-order valence-electron chi connectivity index (χ0n) is 14.1. The number of nitrogens with zero attached hydrogens (tertiary/aromatic N) is 1. The van der Waals surface area contributed by atoms with E-state index in [1.165, 1.54) is 21.2 Å². The molecular formula is C21H22ClNSi. The molecule has 3 rings (SSSR count). The second kappa shape index (κ2) is 7.25. The Kier molecular flexibility index (Phi) is 5.08. The Labute approximate surface area is 150 Å². The van der Waals surface area contributed by atoms with Gasteiger partial charge in [-0.3, -0.25) is 0 Å². The highest BCUT2D eigenvalue weighted by atomic mass is 35.5. The maximum absolute atomic E-state index is 6.68. The third kappa shape index (κ3) is 3.00. The summed E-state index contributed by atoms with van der Waals surface area (Å²) in [4.78, 5) is 2.12. The quantitative estimate of drug-likeness (QED) is 0.388. The smallest absolute Gasteiger partial charge is 0.162 e. The van der Waals surface area contributed by atoms with E-state index < -0.39 is 8.07 Å². The highest BCUT2D eigenvalue weighted by molar-refractivity contribution is 7.14. The SMILES string of the molecule is CN(C)c1ccc([Si](CCl)(c2ccccc2)c2ccccc2)cc1. The lowest BCUT2D eigenvalue weighted by Crippen LogP contribution is -2.69. The summed E-state index contributed by atoms with van der Waals surface area (Å²) in [6.45, 7) is 0. The van der Waals surface area contributed by atoms with Gasteiger partial charge in [0.05, 0.1) is 0 Å². The van der Waals surface area contributed by atoms with Crippen LogP contribution in [0, 0.1) is 0 Å². The van der Waals surface area contributed by atoms with E-state index in [1.54, 1.807) is 0 Å². The molecule has 0 heterocycles. The molecule has 3 aromatic carbocycles. The Morgan fingerprint density at radius 3 is 1.46 bits per heavy atom. The number of hydrogen-bond acceptors (Lipinski definition) is 1. The topological polar surface area (TPSA) is 3.24 Å². The normalized spacial score (nSPS) is 11.3. The molecule has 1 nitrogen and oxygen atoms in total. The minimum absolute atomic E-state index is 0.627. The highest BCUT2D eigenvalue weighted by Gasteiger charge is 2.38. The third-order valence-corrected chi connectivity index (χ3v) is 10.2. The van der Waals surface area contributed by atoms with Crippen molar-refractivity contribution in [3.63, 3.8) is 0 Å². The van der Waals surface area contributed by atoms with Gasteiger partial charge in [-0.2, -0.15) is 0 Å². The molecule has 0 aliphatic rings. The lowest BCUT2D eigenvalue weighted by molar-refractivity contribution is 1.13. The first-order chi connectivity index (χ1) is 11.7. The predicted octanol–water partition coefficient (Wildman–Crippen LogP) is 3.00. The molecule has 0 fully saturated rings. The molecule has 3 heteroatoms. The van der Waals surface area contributed by atoms with Gasteiger partial charge in [0.1, 0.15) is 0 Å². The Morgan fingerprint density at radius 1 is 0.667 bits per heavy atom. The van der Waals surface area contributed by atoms with Crippen LogP contribution >= 0.6 is 11.6 Å². The molecule has 0 aliphatic heterocycles. The van der Waals surface area contributed by atoms with Gasteiger partial charge in [0, 0.05) is 25.3 Å². The fourth-order valence-corrected chi connectivity index (χ4v) is 8.33. The Hall–Kier alpha value is -2.03. The van der Waals surface area contributed by atoms with Gasteiger partial charge >= 0.3 is 0 Å². The average molecular weight is 352 g/mol. The van der Waals surface area contributed by atoms with E-state index in [9.17, 15) is 0 Å². The number of hydrogen-bond donors (Lipinski definition) is 0. The van der Waals surface area contributed by atoms with Crippen LogP contribution in [0.1, 0.15) is 0 Å². The molecule has 3 aromatic rings. The zero-order valence-corrected chi connectivity index (χ0v) is 15.9. The van der Waals surface area contributed by atoms with Gasteiger partial charge < -0.3 is 4.90 Å². The largest absolute Gasteiger partial charge is 0.378 e. The first-order valence-electron chi connectivity index (χ1n) is 8.13. The van der Waals surface area contributed by atoms with Gasteiger partial charge in [-0.05, 0) is 27.7 Å². The number of anilines is 1. The maximum atomic E-state index is 6.68. The lowest BCUT2D eigenvalue weighted by atomic mass is 10.3. The molecule has 0 saturated carbocycles. The molecular weight excluding hydrogens is 330 g/mol. The van der Waals surface area contributed by atoms with Crippen molar-refractivity contribution in [2.24, 2.45) is 0 Å². The maximum Gasteiger partial charge on any atom is 0.162 e. The van der Waals surface area contributed by atoms with Crippen LogP contribution in [-0.2, 0) is 0 Å². The van der Waals surface area contributed by atoms with Crippen LogP contribution in [0.5, 0.6) is 0 Å². The van der Waals surface area contributed by atoms with E-state index in [2.05, 4.69) is 104 Å². The van der Waals surface area contributed by atoms with Crippen molar-refractivity contribution in [2.75, 3.05) is 24.5 Å². The molecule has 0 aliphatic carbocycles. The summed E-state index contributed by atoms with van der Waals surface area (Å²) in [7, 11) is 1.92. The van der Waals surface area contributed by atoms with E-state index in [-0.39, 0.29) is 0 Å². The first kappa shape index (κ1) is 16.8. The van der Waals surface area contributed by atoms with Crippen molar-refractivity contribution in [3.05, 3.63) is 84.9 Å². The molecule has 0 spiro atoms. The minimum atomic E-state index is -2.21. The van der Waals surface area contributed by atoms with Gasteiger partial charge in [-0.15, -0.1) is 11.6 Å². The second-order valence-electron chi connectivity index (χ2n) is 6.21. The molecule has 24 heavy (non-hydrogen) atoms. The molecule has 0 bridgehead atoms. The second-order valence-corrected chi connectivity index (χ2v) is 10.8. The molecule has 0 amide bonds. The van der Waals surface area contributed by atoms with Gasteiger partial charge in [0.15, 0.2) is 8.07 Å². The molecule has 122 valence electrons. The number of alkyl halides is 1. The van der Waals surface area contributed by atoms with E-state index in [1.807, 2.05) is 0 Å². The van der Waals surface area contributed by atoms with Crippen molar-refractivity contribution < 1.29 is 0 Å². The van der Waals surface area contributed by atoms with Crippen LogP contribution in [0.4, 0.5) is 5.69 Å².